The second-order valence-corrected chi connectivity index (χ2v) is 4.45. The van der Waals surface area contributed by atoms with Gasteiger partial charge < -0.3 is 14.2 Å². The van der Waals surface area contributed by atoms with E-state index in [0.717, 1.165) is 19.3 Å². The third-order valence-electron chi connectivity index (χ3n) is 3.03. The van der Waals surface area contributed by atoms with Gasteiger partial charge in [-0.05, 0) is 25.0 Å². The standard InChI is InChI=1S/C14H19NO5/c1-17-11-7-10(8-12(9-11)18-2)14(16)15-20-13-5-3-4-6-19-13/h7-9,13H,3-6H2,1-2H3,(H,15,16). The fourth-order valence-corrected chi connectivity index (χ4v) is 1.92. The third kappa shape index (κ3) is 3.85. The molecule has 1 N–H and O–H groups in total. The Hall–Kier alpha value is -1.79. The number of hydrogen-bond donors (Lipinski definition) is 1. The number of amides is 1. The third-order valence-corrected chi connectivity index (χ3v) is 3.03. The highest BCUT2D eigenvalue weighted by atomic mass is 16.8. The molecule has 1 saturated heterocycles. The van der Waals surface area contributed by atoms with E-state index in [4.69, 9.17) is 19.0 Å². The van der Waals surface area contributed by atoms with Crippen LogP contribution in [0.1, 0.15) is 29.6 Å². The first-order chi connectivity index (χ1) is 9.72. The Morgan fingerprint density at radius 1 is 1.20 bits per heavy atom. The van der Waals surface area contributed by atoms with Gasteiger partial charge in [-0.15, -0.1) is 0 Å². The molecule has 1 aromatic rings. The van der Waals surface area contributed by atoms with Crippen molar-refractivity contribution < 1.29 is 23.8 Å². The summed E-state index contributed by atoms with van der Waals surface area (Å²) in [7, 11) is 3.06. The average Bonchev–Trinajstić information content (AvgIpc) is 2.52. The normalized spacial score (nSPS) is 18.4. The summed E-state index contributed by atoms with van der Waals surface area (Å²) < 4.78 is 15.6. The van der Waals surface area contributed by atoms with Gasteiger partial charge in [0.15, 0.2) is 6.29 Å². The lowest BCUT2D eigenvalue weighted by Gasteiger charge is -2.22. The molecule has 1 atom stereocenters. The molecule has 20 heavy (non-hydrogen) atoms. The lowest BCUT2D eigenvalue weighted by molar-refractivity contribution is -0.186. The van der Waals surface area contributed by atoms with Crippen LogP contribution in [0, 0.1) is 0 Å². The monoisotopic (exact) mass is 281 g/mol. The van der Waals surface area contributed by atoms with Crippen LogP contribution < -0.4 is 15.0 Å². The Morgan fingerprint density at radius 2 is 1.90 bits per heavy atom. The van der Waals surface area contributed by atoms with Crippen LogP contribution in [-0.4, -0.2) is 33.0 Å². The molecule has 1 amide bonds. The minimum absolute atomic E-state index is 0.364. The Morgan fingerprint density at radius 3 is 2.45 bits per heavy atom. The maximum absolute atomic E-state index is 12.0. The predicted molar refractivity (Wildman–Crippen MR) is 71.7 cm³/mol. The fourth-order valence-electron chi connectivity index (χ4n) is 1.92. The van der Waals surface area contributed by atoms with Crippen molar-refractivity contribution in [2.75, 3.05) is 20.8 Å². The lowest BCUT2D eigenvalue weighted by Crippen LogP contribution is -2.33. The summed E-state index contributed by atoms with van der Waals surface area (Å²) in [4.78, 5) is 17.3. The smallest absolute Gasteiger partial charge is 0.275 e. The molecule has 1 aromatic carbocycles. The largest absolute Gasteiger partial charge is 0.497 e. The first-order valence-electron chi connectivity index (χ1n) is 6.53. The molecule has 0 aliphatic carbocycles. The van der Waals surface area contributed by atoms with Gasteiger partial charge in [-0.3, -0.25) is 4.79 Å². The quantitative estimate of drug-likeness (QED) is 0.835. The van der Waals surface area contributed by atoms with Gasteiger partial charge in [0, 0.05) is 24.7 Å². The molecule has 0 spiro atoms. The minimum atomic E-state index is -0.375. The lowest BCUT2D eigenvalue weighted by atomic mass is 10.2. The molecule has 110 valence electrons. The number of carbonyl (C=O) groups is 1. The first kappa shape index (κ1) is 14.6. The van der Waals surface area contributed by atoms with Crippen molar-refractivity contribution in [3.8, 4) is 11.5 Å². The van der Waals surface area contributed by atoms with Crippen molar-refractivity contribution in [1.82, 2.24) is 5.48 Å². The number of ether oxygens (including phenoxy) is 3. The molecule has 1 aliphatic heterocycles. The van der Waals surface area contributed by atoms with Crippen molar-refractivity contribution in [2.24, 2.45) is 0 Å². The topological polar surface area (TPSA) is 66.0 Å². The van der Waals surface area contributed by atoms with Crippen LogP contribution in [0.15, 0.2) is 18.2 Å². The predicted octanol–water partition coefficient (Wildman–Crippen LogP) is 1.89. The van der Waals surface area contributed by atoms with E-state index in [0.29, 0.717) is 23.7 Å². The molecule has 6 heteroatoms. The maximum Gasteiger partial charge on any atom is 0.275 e. The summed E-state index contributed by atoms with van der Waals surface area (Å²) in [6, 6.07) is 4.92. The van der Waals surface area contributed by atoms with E-state index >= 15 is 0 Å². The highest BCUT2D eigenvalue weighted by Gasteiger charge is 2.17. The van der Waals surface area contributed by atoms with Crippen molar-refractivity contribution >= 4 is 5.91 Å². The van der Waals surface area contributed by atoms with Crippen molar-refractivity contribution in [1.29, 1.82) is 0 Å². The van der Waals surface area contributed by atoms with Gasteiger partial charge in [-0.25, -0.2) is 10.3 Å². The second-order valence-electron chi connectivity index (χ2n) is 4.45. The van der Waals surface area contributed by atoms with Crippen molar-refractivity contribution in [2.45, 2.75) is 25.6 Å². The van der Waals surface area contributed by atoms with Crippen LogP contribution in [-0.2, 0) is 9.57 Å². The Balaban J connectivity index is 1.97. The second kappa shape index (κ2) is 7.12. The van der Waals surface area contributed by atoms with Crippen LogP contribution in [0.4, 0.5) is 0 Å². The number of hydrogen-bond acceptors (Lipinski definition) is 5. The average molecular weight is 281 g/mol. The molecular weight excluding hydrogens is 262 g/mol. The molecule has 1 fully saturated rings. The van der Waals surface area contributed by atoms with Crippen LogP contribution >= 0.6 is 0 Å². The number of carbonyl (C=O) groups excluding carboxylic acids is 1. The van der Waals surface area contributed by atoms with Crippen LogP contribution in [0.25, 0.3) is 0 Å². The van der Waals surface area contributed by atoms with E-state index in [-0.39, 0.29) is 12.2 Å². The zero-order valence-electron chi connectivity index (χ0n) is 11.7. The summed E-state index contributed by atoms with van der Waals surface area (Å²) in [5, 5.41) is 0. The van der Waals surface area contributed by atoms with E-state index in [1.54, 1.807) is 18.2 Å². The van der Waals surface area contributed by atoms with Crippen molar-refractivity contribution in [3.63, 3.8) is 0 Å². The van der Waals surface area contributed by atoms with Crippen LogP contribution in [0.2, 0.25) is 0 Å². The summed E-state index contributed by atoms with van der Waals surface area (Å²) in [5.41, 5.74) is 2.80. The van der Waals surface area contributed by atoms with E-state index in [2.05, 4.69) is 5.48 Å². The summed E-state index contributed by atoms with van der Waals surface area (Å²) >= 11 is 0. The molecule has 1 heterocycles. The molecule has 1 unspecified atom stereocenters. The maximum atomic E-state index is 12.0. The van der Waals surface area contributed by atoms with Gasteiger partial charge in [0.25, 0.3) is 5.91 Å². The summed E-state index contributed by atoms with van der Waals surface area (Å²) in [6.45, 7) is 0.660. The molecule has 2 rings (SSSR count). The van der Waals surface area contributed by atoms with Gasteiger partial charge in [-0.2, -0.15) is 0 Å². The van der Waals surface area contributed by atoms with Crippen molar-refractivity contribution in [3.05, 3.63) is 23.8 Å². The van der Waals surface area contributed by atoms with E-state index in [1.807, 2.05) is 0 Å². The number of nitrogens with one attached hydrogen (secondary N) is 1. The zero-order valence-corrected chi connectivity index (χ0v) is 11.7. The molecule has 0 radical (unpaired) electrons. The van der Waals surface area contributed by atoms with Gasteiger partial charge in [-0.1, -0.05) is 0 Å². The molecule has 6 nitrogen and oxygen atoms in total. The molecule has 0 bridgehead atoms. The van der Waals surface area contributed by atoms with Crippen LogP contribution in [0.3, 0.4) is 0 Å². The highest BCUT2D eigenvalue weighted by Crippen LogP contribution is 2.22. The molecular formula is C14H19NO5. The first-order valence-corrected chi connectivity index (χ1v) is 6.53. The Labute approximate surface area is 117 Å². The SMILES string of the molecule is COc1cc(OC)cc(C(=O)NOC2CCCCO2)c1. The zero-order chi connectivity index (χ0) is 14.4. The fraction of sp³-hybridized carbons (Fsp3) is 0.500. The van der Waals surface area contributed by atoms with Gasteiger partial charge in [0.1, 0.15) is 11.5 Å². The number of methoxy groups -OCH3 is 2. The van der Waals surface area contributed by atoms with E-state index < -0.39 is 0 Å². The highest BCUT2D eigenvalue weighted by molar-refractivity contribution is 5.94. The summed E-state index contributed by atoms with van der Waals surface area (Å²) in [6.07, 6.45) is 2.47. The van der Waals surface area contributed by atoms with Gasteiger partial charge >= 0.3 is 0 Å². The van der Waals surface area contributed by atoms with Gasteiger partial charge in [0.05, 0.1) is 14.2 Å². The van der Waals surface area contributed by atoms with E-state index in [9.17, 15) is 4.79 Å². The number of rotatable bonds is 5. The van der Waals surface area contributed by atoms with Gasteiger partial charge in [0.2, 0.25) is 0 Å². The van der Waals surface area contributed by atoms with E-state index in [1.165, 1.54) is 14.2 Å². The number of benzene rings is 1. The molecule has 0 aromatic heterocycles. The number of hydroxylamine groups is 1. The minimum Gasteiger partial charge on any atom is -0.497 e. The Kier molecular flexibility index (Phi) is 5.20. The summed E-state index contributed by atoms with van der Waals surface area (Å²) in [5.74, 6) is 0.725. The molecule has 1 aliphatic rings. The van der Waals surface area contributed by atoms with Crippen LogP contribution in [0.5, 0.6) is 11.5 Å². The molecule has 0 saturated carbocycles. The Bertz CT molecular complexity index is 435.